The smallest absolute Gasteiger partial charge is 0.265 e. The molecular weight excluding hydrogens is 210 g/mol. The van der Waals surface area contributed by atoms with E-state index in [1.54, 1.807) is 31.2 Å². The fraction of sp³-hybridized carbons (Fsp3) is 0.273. The molecule has 1 aromatic rings. The van der Waals surface area contributed by atoms with E-state index in [0.717, 1.165) is 10.5 Å². The zero-order valence-electron chi connectivity index (χ0n) is 8.62. The minimum atomic E-state index is -1.66. The number of benzene rings is 1. The topological polar surface area (TPSA) is 77.8 Å². The molecule has 0 aliphatic carbocycles. The molecule has 1 saturated heterocycles. The maximum absolute atomic E-state index is 11.6. The normalized spacial score (nSPS) is 25.3. The maximum Gasteiger partial charge on any atom is 0.265 e. The molecule has 5 nitrogen and oxygen atoms in total. The van der Waals surface area contributed by atoms with Gasteiger partial charge in [0.15, 0.2) is 12.2 Å². The lowest BCUT2D eigenvalue weighted by Crippen LogP contribution is -2.32. The number of para-hydroxylation sites is 1. The molecule has 2 amide bonds. The van der Waals surface area contributed by atoms with Crippen LogP contribution in [0.15, 0.2) is 24.3 Å². The Hall–Kier alpha value is -1.72. The van der Waals surface area contributed by atoms with Gasteiger partial charge < -0.3 is 10.2 Å². The summed E-state index contributed by atoms with van der Waals surface area (Å²) in [7, 11) is 0. The van der Waals surface area contributed by atoms with Crippen LogP contribution in [0.3, 0.4) is 0 Å². The monoisotopic (exact) mass is 221 g/mol. The molecule has 2 rings (SSSR count). The van der Waals surface area contributed by atoms with Crippen molar-refractivity contribution in [1.82, 2.24) is 0 Å². The predicted octanol–water partition coefficient (Wildman–Crippen LogP) is -0.410. The summed E-state index contributed by atoms with van der Waals surface area (Å²) >= 11 is 0. The third kappa shape index (κ3) is 1.41. The van der Waals surface area contributed by atoms with Crippen LogP contribution >= 0.6 is 0 Å². The van der Waals surface area contributed by atoms with Crippen molar-refractivity contribution in [2.75, 3.05) is 4.90 Å². The molecule has 0 bridgehead atoms. The predicted molar refractivity (Wildman–Crippen MR) is 55.7 cm³/mol. The molecule has 1 fully saturated rings. The van der Waals surface area contributed by atoms with Crippen molar-refractivity contribution in [3.8, 4) is 0 Å². The first-order chi connectivity index (χ1) is 7.54. The van der Waals surface area contributed by atoms with E-state index in [1.165, 1.54) is 0 Å². The molecule has 0 spiro atoms. The Bertz CT molecular complexity index is 437. The quantitative estimate of drug-likeness (QED) is 0.632. The molecule has 2 N–H and O–H groups in total. The lowest BCUT2D eigenvalue weighted by Gasteiger charge is -2.15. The van der Waals surface area contributed by atoms with Gasteiger partial charge in [0.2, 0.25) is 0 Å². The van der Waals surface area contributed by atoms with E-state index in [2.05, 4.69) is 0 Å². The van der Waals surface area contributed by atoms with Gasteiger partial charge in [-0.05, 0) is 18.6 Å². The second kappa shape index (κ2) is 3.70. The first-order valence-corrected chi connectivity index (χ1v) is 4.83. The number of hydrogen-bond acceptors (Lipinski definition) is 4. The van der Waals surface area contributed by atoms with E-state index in [4.69, 9.17) is 0 Å². The number of carbonyl (C=O) groups is 2. The summed E-state index contributed by atoms with van der Waals surface area (Å²) in [5, 5.41) is 18.6. The number of aryl methyl sites for hydroxylation is 1. The van der Waals surface area contributed by atoms with Crippen molar-refractivity contribution >= 4 is 17.5 Å². The Morgan fingerprint density at radius 3 is 2.06 bits per heavy atom. The minimum absolute atomic E-state index is 0.396. The van der Waals surface area contributed by atoms with Gasteiger partial charge in [-0.2, -0.15) is 0 Å². The van der Waals surface area contributed by atoms with E-state index < -0.39 is 24.0 Å². The summed E-state index contributed by atoms with van der Waals surface area (Å²) in [6.45, 7) is 1.74. The number of imide groups is 1. The molecule has 1 aliphatic rings. The van der Waals surface area contributed by atoms with E-state index in [0.29, 0.717) is 5.69 Å². The molecule has 5 heteroatoms. The van der Waals surface area contributed by atoms with Gasteiger partial charge in [0, 0.05) is 0 Å². The van der Waals surface area contributed by atoms with E-state index >= 15 is 0 Å². The Morgan fingerprint density at radius 1 is 1.06 bits per heavy atom. The summed E-state index contributed by atoms with van der Waals surface area (Å²) < 4.78 is 0. The summed E-state index contributed by atoms with van der Waals surface area (Å²) in [5.41, 5.74) is 1.12. The van der Waals surface area contributed by atoms with Gasteiger partial charge in [-0.25, -0.2) is 4.90 Å². The fourth-order valence-electron chi connectivity index (χ4n) is 1.69. The van der Waals surface area contributed by atoms with Crippen molar-refractivity contribution in [2.45, 2.75) is 19.1 Å². The first-order valence-electron chi connectivity index (χ1n) is 4.83. The first kappa shape index (κ1) is 10.8. The number of amides is 2. The number of aliphatic hydroxyl groups is 2. The van der Waals surface area contributed by atoms with Crippen molar-refractivity contribution in [3.05, 3.63) is 29.8 Å². The number of aliphatic hydroxyl groups excluding tert-OH is 2. The third-order valence-electron chi connectivity index (χ3n) is 2.60. The highest BCUT2D eigenvalue weighted by Gasteiger charge is 2.46. The van der Waals surface area contributed by atoms with Crippen LogP contribution in [-0.2, 0) is 9.59 Å². The summed E-state index contributed by atoms with van der Waals surface area (Å²) in [4.78, 5) is 24.0. The Kier molecular flexibility index (Phi) is 2.49. The number of hydrogen-bond donors (Lipinski definition) is 2. The third-order valence-corrected chi connectivity index (χ3v) is 2.60. The van der Waals surface area contributed by atoms with Gasteiger partial charge in [-0.15, -0.1) is 0 Å². The maximum atomic E-state index is 11.6. The zero-order chi connectivity index (χ0) is 11.9. The van der Waals surface area contributed by atoms with Gasteiger partial charge in [0.1, 0.15) is 0 Å². The SMILES string of the molecule is Cc1ccccc1N1C(=O)[C@@H](O)[C@@H](O)C1=O. The number of carbonyl (C=O) groups excluding carboxylic acids is 2. The van der Waals surface area contributed by atoms with Crippen LogP contribution in [0.2, 0.25) is 0 Å². The van der Waals surface area contributed by atoms with Crippen LogP contribution in [0.25, 0.3) is 0 Å². The molecule has 0 aromatic heterocycles. The zero-order valence-corrected chi connectivity index (χ0v) is 8.62. The molecule has 84 valence electrons. The average molecular weight is 221 g/mol. The Labute approximate surface area is 91.9 Å². The van der Waals surface area contributed by atoms with E-state index in [-0.39, 0.29) is 0 Å². The number of nitrogens with zero attached hydrogens (tertiary/aromatic N) is 1. The van der Waals surface area contributed by atoms with Gasteiger partial charge in [0.05, 0.1) is 5.69 Å². The molecule has 1 heterocycles. The average Bonchev–Trinajstić information content (AvgIpc) is 2.45. The van der Waals surface area contributed by atoms with E-state index in [1.807, 2.05) is 0 Å². The highest BCUT2D eigenvalue weighted by molar-refractivity contribution is 6.24. The summed E-state index contributed by atoms with van der Waals surface area (Å²) in [6, 6.07) is 6.79. The molecule has 0 saturated carbocycles. The van der Waals surface area contributed by atoms with Crippen molar-refractivity contribution < 1.29 is 19.8 Å². The lowest BCUT2D eigenvalue weighted by molar-refractivity contribution is -0.129. The van der Waals surface area contributed by atoms with Crippen LogP contribution in [0, 0.1) is 6.92 Å². The molecule has 0 radical (unpaired) electrons. The summed E-state index contributed by atoms with van der Waals surface area (Å²) in [5.74, 6) is -1.57. The van der Waals surface area contributed by atoms with Crippen LogP contribution in [-0.4, -0.2) is 34.2 Å². The molecule has 2 atom stereocenters. The van der Waals surface area contributed by atoms with Crippen LogP contribution < -0.4 is 4.90 Å². The minimum Gasteiger partial charge on any atom is -0.380 e. The second-order valence-corrected chi connectivity index (χ2v) is 3.69. The highest BCUT2D eigenvalue weighted by Crippen LogP contribution is 2.25. The standard InChI is InChI=1S/C11H11NO4/c1-6-4-2-3-5-7(6)12-10(15)8(13)9(14)11(12)16/h2-5,8-9,13-14H,1H3/t8-,9+. The van der Waals surface area contributed by atoms with Crippen LogP contribution in [0.1, 0.15) is 5.56 Å². The second-order valence-electron chi connectivity index (χ2n) is 3.69. The Morgan fingerprint density at radius 2 is 1.56 bits per heavy atom. The molecular formula is C11H11NO4. The van der Waals surface area contributed by atoms with Gasteiger partial charge >= 0.3 is 0 Å². The van der Waals surface area contributed by atoms with Crippen molar-refractivity contribution in [3.63, 3.8) is 0 Å². The Balaban J connectivity index is 2.47. The molecule has 1 aromatic carbocycles. The highest BCUT2D eigenvalue weighted by atomic mass is 16.4. The molecule has 0 unspecified atom stereocenters. The number of anilines is 1. The van der Waals surface area contributed by atoms with Gasteiger partial charge in [0.25, 0.3) is 11.8 Å². The van der Waals surface area contributed by atoms with Crippen LogP contribution in [0.5, 0.6) is 0 Å². The van der Waals surface area contributed by atoms with E-state index in [9.17, 15) is 19.8 Å². The van der Waals surface area contributed by atoms with Crippen molar-refractivity contribution in [1.29, 1.82) is 0 Å². The van der Waals surface area contributed by atoms with Crippen LogP contribution in [0.4, 0.5) is 5.69 Å². The van der Waals surface area contributed by atoms with Gasteiger partial charge in [-0.1, -0.05) is 18.2 Å². The number of rotatable bonds is 1. The summed E-state index contributed by atoms with van der Waals surface area (Å²) in [6.07, 6.45) is -3.32. The molecule has 1 aliphatic heterocycles. The largest absolute Gasteiger partial charge is 0.380 e. The molecule has 16 heavy (non-hydrogen) atoms. The van der Waals surface area contributed by atoms with Crippen molar-refractivity contribution in [2.24, 2.45) is 0 Å². The van der Waals surface area contributed by atoms with Gasteiger partial charge in [-0.3, -0.25) is 9.59 Å². The lowest BCUT2D eigenvalue weighted by atomic mass is 10.2. The fourth-order valence-corrected chi connectivity index (χ4v) is 1.69.